The zero-order valence-corrected chi connectivity index (χ0v) is 22.0. The summed E-state index contributed by atoms with van der Waals surface area (Å²) in [5, 5.41) is 11.4. The van der Waals surface area contributed by atoms with Gasteiger partial charge in [-0.2, -0.15) is 0 Å². The van der Waals surface area contributed by atoms with E-state index in [1.54, 1.807) is 31.1 Å². The SMILES string of the molecule is COc1ccc2nccc([C@H](F)CC[C@@H]3CCN(CCCSc4ccccc4Cl)C[C@@H]3C(=O)O)c2c1. The molecular weight excluding hydrogens is 499 g/mol. The van der Waals surface area contributed by atoms with Crippen LogP contribution in [-0.2, 0) is 4.79 Å². The predicted octanol–water partition coefficient (Wildman–Crippen LogP) is 6.89. The van der Waals surface area contributed by atoms with Crippen LogP contribution in [0.3, 0.4) is 0 Å². The first kappa shape index (κ1) is 26.7. The maximum absolute atomic E-state index is 15.4. The van der Waals surface area contributed by atoms with Crippen LogP contribution in [0.2, 0.25) is 5.02 Å². The van der Waals surface area contributed by atoms with Gasteiger partial charge < -0.3 is 14.7 Å². The Hall–Kier alpha value is -2.35. The maximum Gasteiger partial charge on any atom is 0.308 e. The van der Waals surface area contributed by atoms with Crippen LogP contribution < -0.4 is 4.74 Å². The standard InChI is InChI=1S/C28H32ClFN2O3S/c1-35-20-8-10-26-22(17-20)21(11-13-31-26)25(30)9-7-19-12-15-32(18-23(19)28(33)34)14-4-16-36-27-6-3-2-5-24(27)29/h2-3,5-6,8,10-11,13,17,19,23,25H,4,7,9,12,14-16,18H2,1H3,(H,33,34)/t19-,23+,25-/m1/s1. The van der Waals surface area contributed by atoms with Gasteiger partial charge in [0.15, 0.2) is 0 Å². The van der Waals surface area contributed by atoms with Gasteiger partial charge in [-0.05, 0) is 92.4 Å². The Labute approximate surface area is 221 Å². The first-order valence-corrected chi connectivity index (χ1v) is 13.7. The van der Waals surface area contributed by atoms with E-state index in [9.17, 15) is 9.90 Å². The summed E-state index contributed by atoms with van der Waals surface area (Å²) in [6.07, 6.45) is 3.00. The van der Waals surface area contributed by atoms with E-state index < -0.39 is 18.1 Å². The largest absolute Gasteiger partial charge is 0.497 e. The van der Waals surface area contributed by atoms with Gasteiger partial charge in [0, 0.05) is 23.0 Å². The van der Waals surface area contributed by atoms with Crippen LogP contribution in [0.5, 0.6) is 5.75 Å². The molecule has 1 N–H and O–H groups in total. The Bertz CT molecular complexity index is 1180. The molecule has 1 aromatic heterocycles. The van der Waals surface area contributed by atoms with Crippen molar-refractivity contribution in [3.8, 4) is 5.75 Å². The van der Waals surface area contributed by atoms with Crippen LogP contribution in [0.15, 0.2) is 59.6 Å². The lowest BCUT2D eigenvalue weighted by Crippen LogP contribution is -2.44. The van der Waals surface area contributed by atoms with Gasteiger partial charge in [0.25, 0.3) is 0 Å². The number of carbonyl (C=O) groups is 1. The molecule has 0 radical (unpaired) electrons. The number of hydrogen-bond acceptors (Lipinski definition) is 5. The quantitative estimate of drug-likeness (QED) is 0.215. The molecule has 0 aliphatic carbocycles. The first-order valence-electron chi connectivity index (χ1n) is 12.4. The van der Waals surface area contributed by atoms with Gasteiger partial charge in [0.1, 0.15) is 11.9 Å². The molecule has 0 spiro atoms. The van der Waals surface area contributed by atoms with Crippen LogP contribution >= 0.6 is 23.4 Å². The second-order valence-electron chi connectivity index (χ2n) is 9.25. The number of alkyl halides is 1. The molecule has 5 nitrogen and oxygen atoms in total. The summed E-state index contributed by atoms with van der Waals surface area (Å²) < 4.78 is 20.7. The second-order valence-corrected chi connectivity index (χ2v) is 10.8. The molecule has 4 rings (SSSR count). The molecule has 2 heterocycles. The van der Waals surface area contributed by atoms with Crippen molar-refractivity contribution < 1.29 is 19.0 Å². The van der Waals surface area contributed by atoms with E-state index in [1.807, 2.05) is 42.5 Å². The van der Waals surface area contributed by atoms with E-state index in [0.717, 1.165) is 52.5 Å². The maximum atomic E-state index is 15.4. The van der Waals surface area contributed by atoms with E-state index in [2.05, 4.69) is 9.88 Å². The number of methoxy groups -OCH3 is 1. The smallest absolute Gasteiger partial charge is 0.308 e. The number of ether oxygens (including phenoxy) is 1. The van der Waals surface area contributed by atoms with E-state index >= 15 is 4.39 Å². The Morgan fingerprint density at radius 1 is 1.31 bits per heavy atom. The molecule has 1 aliphatic heterocycles. The minimum absolute atomic E-state index is 0.0304. The van der Waals surface area contributed by atoms with Crippen molar-refractivity contribution in [1.29, 1.82) is 0 Å². The number of fused-ring (bicyclic) bond motifs is 1. The van der Waals surface area contributed by atoms with Crippen LogP contribution in [0.1, 0.15) is 37.4 Å². The van der Waals surface area contributed by atoms with E-state index in [-0.39, 0.29) is 5.92 Å². The number of thioether (sulfide) groups is 1. The number of hydrogen-bond donors (Lipinski definition) is 1. The van der Waals surface area contributed by atoms with Crippen molar-refractivity contribution in [2.45, 2.75) is 36.8 Å². The van der Waals surface area contributed by atoms with Crippen molar-refractivity contribution in [2.75, 3.05) is 32.5 Å². The summed E-state index contributed by atoms with van der Waals surface area (Å²) in [4.78, 5) is 19.7. The summed E-state index contributed by atoms with van der Waals surface area (Å²) in [5.41, 5.74) is 1.31. The normalized spacial score (nSPS) is 19.3. The van der Waals surface area contributed by atoms with Gasteiger partial charge in [-0.25, -0.2) is 4.39 Å². The highest BCUT2D eigenvalue weighted by atomic mass is 35.5. The zero-order valence-electron chi connectivity index (χ0n) is 20.4. The lowest BCUT2D eigenvalue weighted by atomic mass is 9.81. The van der Waals surface area contributed by atoms with Gasteiger partial charge >= 0.3 is 5.97 Å². The molecule has 8 heteroatoms. The average Bonchev–Trinajstić information content (AvgIpc) is 2.90. The van der Waals surface area contributed by atoms with Crippen molar-refractivity contribution in [2.24, 2.45) is 11.8 Å². The summed E-state index contributed by atoms with van der Waals surface area (Å²) in [6.45, 7) is 2.21. The summed E-state index contributed by atoms with van der Waals surface area (Å²) >= 11 is 7.95. The number of carboxylic acids is 1. The molecule has 1 saturated heterocycles. The number of aliphatic carboxylic acids is 1. The molecule has 3 aromatic rings. The number of aromatic nitrogens is 1. The molecule has 0 bridgehead atoms. The van der Waals surface area contributed by atoms with Gasteiger partial charge in [0.05, 0.1) is 23.6 Å². The molecule has 0 unspecified atom stereocenters. The van der Waals surface area contributed by atoms with Crippen LogP contribution in [0.4, 0.5) is 4.39 Å². The highest BCUT2D eigenvalue weighted by Gasteiger charge is 2.34. The molecule has 3 atom stereocenters. The Balaban J connectivity index is 1.30. The van der Waals surface area contributed by atoms with Crippen molar-refractivity contribution in [3.63, 3.8) is 0 Å². The molecule has 1 fully saturated rings. The third-order valence-electron chi connectivity index (χ3n) is 6.98. The van der Waals surface area contributed by atoms with Gasteiger partial charge in [0.2, 0.25) is 0 Å². The summed E-state index contributed by atoms with van der Waals surface area (Å²) in [7, 11) is 1.58. The highest BCUT2D eigenvalue weighted by Crippen LogP contribution is 2.35. The minimum Gasteiger partial charge on any atom is -0.497 e. The molecule has 0 saturated carbocycles. The number of benzene rings is 2. The Morgan fingerprint density at radius 2 is 2.14 bits per heavy atom. The van der Waals surface area contributed by atoms with E-state index in [4.69, 9.17) is 16.3 Å². The summed E-state index contributed by atoms with van der Waals surface area (Å²) in [6, 6.07) is 15.0. The number of pyridine rings is 1. The topological polar surface area (TPSA) is 62.7 Å². The minimum atomic E-state index is -1.18. The number of rotatable bonds is 11. The number of halogens is 2. The fourth-order valence-corrected chi connectivity index (χ4v) is 6.16. The summed E-state index contributed by atoms with van der Waals surface area (Å²) in [5.74, 6) is 0.293. The fraction of sp³-hybridized carbons (Fsp3) is 0.429. The molecule has 0 amide bonds. The Morgan fingerprint density at radius 3 is 2.92 bits per heavy atom. The van der Waals surface area contributed by atoms with Gasteiger partial charge in [-0.3, -0.25) is 9.78 Å². The lowest BCUT2D eigenvalue weighted by molar-refractivity contribution is -0.146. The monoisotopic (exact) mass is 530 g/mol. The van der Waals surface area contributed by atoms with E-state index in [1.165, 1.54) is 0 Å². The highest BCUT2D eigenvalue weighted by molar-refractivity contribution is 7.99. The van der Waals surface area contributed by atoms with Crippen molar-refractivity contribution >= 4 is 40.2 Å². The first-order chi connectivity index (χ1) is 17.5. The van der Waals surface area contributed by atoms with Crippen molar-refractivity contribution in [3.05, 3.63) is 65.3 Å². The van der Waals surface area contributed by atoms with Gasteiger partial charge in [-0.1, -0.05) is 23.7 Å². The molecule has 1 aliphatic rings. The molecule has 2 aromatic carbocycles. The number of likely N-dealkylation sites (tertiary alicyclic amines) is 1. The van der Waals surface area contributed by atoms with Crippen molar-refractivity contribution in [1.82, 2.24) is 9.88 Å². The van der Waals surface area contributed by atoms with E-state index in [0.29, 0.717) is 30.7 Å². The lowest BCUT2D eigenvalue weighted by Gasteiger charge is -2.36. The molecule has 36 heavy (non-hydrogen) atoms. The fourth-order valence-electron chi connectivity index (χ4n) is 4.99. The third-order valence-corrected chi connectivity index (χ3v) is 8.58. The number of carboxylic acid groups (broad SMARTS) is 1. The molecular formula is C28H32ClFN2O3S. The predicted molar refractivity (Wildman–Crippen MR) is 144 cm³/mol. The van der Waals surface area contributed by atoms with Crippen LogP contribution in [0, 0.1) is 11.8 Å². The Kier molecular flexibility index (Phi) is 9.46. The zero-order chi connectivity index (χ0) is 25.5. The van der Waals surface area contributed by atoms with Crippen LogP contribution in [-0.4, -0.2) is 53.5 Å². The molecule has 192 valence electrons. The average molecular weight is 531 g/mol. The van der Waals surface area contributed by atoms with Crippen LogP contribution in [0.25, 0.3) is 10.9 Å². The number of piperidine rings is 1. The van der Waals surface area contributed by atoms with Gasteiger partial charge in [-0.15, -0.1) is 11.8 Å². The third kappa shape index (κ3) is 6.69. The number of nitrogens with zero attached hydrogens (tertiary/aromatic N) is 2. The second kappa shape index (κ2) is 12.7.